The molecule has 0 aliphatic heterocycles. The van der Waals surface area contributed by atoms with Gasteiger partial charge in [-0.15, -0.1) is 0 Å². The second-order valence-electron chi connectivity index (χ2n) is 4.75. The fourth-order valence-electron chi connectivity index (χ4n) is 1.82. The van der Waals surface area contributed by atoms with E-state index in [0.29, 0.717) is 25.0 Å². The van der Waals surface area contributed by atoms with Crippen LogP contribution < -0.4 is 5.32 Å². The fraction of sp³-hybridized carbons (Fsp3) is 0.533. The summed E-state index contributed by atoms with van der Waals surface area (Å²) in [5.74, 6) is -0.168. The first-order valence-electron chi connectivity index (χ1n) is 6.63. The van der Waals surface area contributed by atoms with Crippen molar-refractivity contribution in [3.8, 4) is 0 Å². The van der Waals surface area contributed by atoms with Crippen molar-refractivity contribution in [2.75, 3.05) is 13.7 Å². The maximum absolute atomic E-state index is 12.0. The number of methoxy groups -OCH3 is 1. The van der Waals surface area contributed by atoms with Crippen molar-refractivity contribution >= 4 is 5.91 Å². The third-order valence-electron chi connectivity index (χ3n) is 3.39. The molecular weight excluding hydrogens is 242 g/mol. The highest BCUT2D eigenvalue weighted by Gasteiger charge is 2.22. The van der Waals surface area contributed by atoms with Crippen LogP contribution >= 0.6 is 0 Å². The highest BCUT2D eigenvalue weighted by Crippen LogP contribution is 2.13. The zero-order valence-electron chi connectivity index (χ0n) is 11.9. The number of aliphatic hydroxyl groups is 1. The lowest BCUT2D eigenvalue weighted by Crippen LogP contribution is -2.42. The van der Waals surface area contributed by atoms with Gasteiger partial charge in [0.1, 0.15) is 0 Å². The van der Waals surface area contributed by atoms with E-state index in [0.717, 1.165) is 5.56 Å². The lowest BCUT2D eigenvalue weighted by Gasteiger charge is -2.25. The summed E-state index contributed by atoms with van der Waals surface area (Å²) in [6.07, 6.45) is 1.24. The number of nitrogens with one attached hydrogen (secondary N) is 1. The molecule has 0 atom stereocenters. The lowest BCUT2D eigenvalue weighted by atomic mass is 9.97. The Kier molecular flexibility index (Phi) is 5.99. The number of benzene rings is 1. The number of hydrogen-bond donors (Lipinski definition) is 2. The molecule has 4 nitrogen and oxygen atoms in total. The Balaban J connectivity index is 2.65. The molecule has 2 N–H and O–H groups in total. The van der Waals surface area contributed by atoms with E-state index in [1.807, 2.05) is 26.0 Å². The van der Waals surface area contributed by atoms with Crippen LogP contribution in [0, 0.1) is 0 Å². The molecule has 0 heterocycles. The monoisotopic (exact) mass is 265 g/mol. The molecule has 0 aromatic heterocycles. The predicted molar refractivity (Wildman–Crippen MR) is 75.0 cm³/mol. The van der Waals surface area contributed by atoms with Crippen LogP contribution in [-0.2, 0) is 11.3 Å². The summed E-state index contributed by atoms with van der Waals surface area (Å²) in [5, 5.41) is 12.9. The molecule has 1 aromatic carbocycles. The van der Waals surface area contributed by atoms with Gasteiger partial charge in [-0.05, 0) is 30.5 Å². The summed E-state index contributed by atoms with van der Waals surface area (Å²) in [5.41, 5.74) is 0.722. The standard InChI is InChI=1S/C15H23NO3/c1-4-15(18,5-2)11-16-14(17)13-8-6-7-12(9-13)10-19-3/h6-9,18H,4-5,10-11H2,1-3H3,(H,16,17). The maximum Gasteiger partial charge on any atom is 0.251 e. The molecule has 0 bridgehead atoms. The number of ether oxygens (including phenoxy) is 1. The first kappa shape index (κ1) is 15.7. The molecule has 106 valence electrons. The zero-order valence-corrected chi connectivity index (χ0v) is 11.9. The van der Waals surface area contributed by atoms with Gasteiger partial charge in [-0.25, -0.2) is 0 Å². The Morgan fingerprint density at radius 3 is 2.63 bits per heavy atom. The molecule has 0 radical (unpaired) electrons. The van der Waals surface area contributed by atoms with Crippen molar-refractivity contribution in [2.24, 2.45) is 0 Å². The molecular formula is C15H23NO3. The summed E-state index contributed by atoms with van der Waals surface area (Å²) in [6.45, 7) is 4.58. The molecule has 1 amide bonds. The largest absolute Gasteiger partial charge is 0.388 e. The van der Waals surface area contributed by atoms with Crippen LogP contribution in [0.5, 0.6) is 0 Å². The highest BCUT2D eigenvalue weighted by atomic mass is 16.5. The first-order valence-corrected chi connectivity index (χ1v) is 6.63. The Morgan fingerprint density at radius 2 is 2.05 bits per heavy atom. The van der Waals surface area contributed by atoms with Gasteiger partial charge in [-0.3, -0.25) is 4.79 Å². The van der Waals surface area contributed by atoms with Crippen molar-refractivity contribution in [2.45, 2.75) is 38.9 Å². The van der Waals surface area contributed by atoms with Crippen LogP contribution in [-0.4, -0.2) is 30.3 Å². The number of carbonyl (C=O) groups excluding carboxylic acids is 1. The van der Waals surface area contributed by atoms with Gasteiger partial charge in [-0.2, -0.15) is 0 Å². The quantitative estimate of drug-likeness (QED) is 0.794. The SMILES string of the molecule is CCC(O)(CC)CNC(=O)c1cccc(COC)c1. The predicted octanol–water partition coefficient (Wildman–Crippen LogP) is 2.11. The topological polar surface area (TPSA) is 58.6 Å². The highest BCUT2D eigenvalue weighted by molar-refractivity contribution is 5.94. The molecule has 1 aromatic rings. The average molecular weight is 265 g/mol. The van der Waals surface area contributed by atoms with E-state index >= 15 is 0 Å². The van der Waals surface area contributed by atoms with Crippen LogP contribution in [0.3, 0.4) is 0 Å². The van der Waals surface area contributed by atoms with E-state index in [9.17, 15) is 9.90 Å². The van der Waals surface area contributed by atoms with Gasteiger partial charge in [0.15, 0.2) is 0 Å². The van der Waals surface area contributed by atoms with E-state index in [4.69, 9.17) is 4.74 Å². The minimum absolute atomic E-state index is 0.168. The number of rotatable bonds is 7. The Morgan fingerprint density at radius 1 is 1.37 bits per heavy atom. The van der Waals surface area contributed by atoms with Crippen LogP contribution in [0.15, 0.2) is 24.3 Å². The van der Waals surface area contributed by atoms with Gasteiger partial charge in [0, 0.05) is 19.2 Å². The third kappa shape index (κ3) is 4.65. The van der Waals surface area contributed by atoms with Crippen LogP contribution in [0.4, 0.5) is 0 Å². The van der Waals surface area contributed by atoms with Crippen LogP contribution in [0.25, 0.3) is 0 Å². The number of carbonyl (C=O) groups is 1. The lowest BCUT2D eigenvalue weighted by molar-refractivity contribution is 0.0314. The molecule has 0 spiro atoms. The minimum Gasteiger partial charge on any atom is -0.388 e. The van der Waals surface area contributed by atoms with E-state index in [-0.39, 0.29) is 12.5 Å². The average Bonchev–Trinajstić information content (AvgIpc) is 2.45. The third-order valence-corrected chi connectivity index (χ3v) is 3.39. The van der Waals surface area contributed by atoms with Gasteiger partial charge < -0.3 is 15.2 Å². The molecule has 0 unspecified atom stereocenters. The molecule has 4 heteroatoms. The molecule has 0 aliphatic rings. The fourth-order valence-corrected chi connectivity index (χ4v) is 1.82. The number of hydrogen-bond acceptors (Lipinski definition) is 3. The Labute approximate surface area is 114 Å². The molecule has 1 rings (SSSR count). The van der Waals surface area contributed by atoms with Crippen molar-refractivity contribution in [3.05, 3.63) is 35.4 Å². The van der Waals surface area contributed by atoms with Gasteiger partial charge >= 0.3 is 0 Å². The van der Waals surface area contributed by atoms with Gasteiger partial charge in [-0.1, -0.05) is 26.0 Å². The second-order valence-corrected chi connectivity index (χ2v) is 4.75. The Hall–Kier alpha value is -1.39. The molecule has 0 saturated heterocycles. The van der Waals surface area contributed by atoms with Crippen LogP contribution in [0.2, 0.25) is 0 Å². The molecule has 0 saturated carbocycles. The minimum atomic E-state index is -0.820. The summed E-state index contributed by atoms with van der Waals surface area (Å²) >= 11 is 0. The van der Waals surface area contributed by atoms with Gasteiger partial charge in [0.25, 0.3) is 5.91 Å². The molecule has 0 aliphatic carbocycles. The smallest absolute Gasteiger partial charge is 0.251 e. The normalized spacial score (nSPS) is 11.4. The van der Waals surface area contributed by atoms with Gasteiger partial charge in [0.2, 0.25) is 0 Å². The summed E-state index contributed by atoms with van der Waals surface area (Å²) in [7, 11) is 1.62. The summed E-state index contributed by atoms with van der Waals surface area (Å²) in [4.78, 5) is 12.0. The molecule has 0 fully saturated rings. The van der Waals surface area contributed by atoms with Crippen molar-refractivity contribution in [3.63, 3.8) is 0 Å². The number of amides is 1. The first-order chi connectivity index (χ1) is 9.04. The molecule has 19 heavy (non-hydrogen) atoms. The van der Waals surface area contributed by atoms with Crippen molar-refractivity contribution in [1.29, 1.82) is 0 Å². The Bertz CT molecular complexity index is 414. The van der Waals surface area contributed by atoms with Crippen molar-refractivity contribution in [1.82, 2.24) is 5.32 Å². The summed E-state index contributed by atoms with van der Waals surface area (Å²) in [6, 6.07) is 7.30. The van der Waals surface area contributed by atoms with Crippen LogP contribution in [0.1, 0.15) is 42.6 Å². The van der Waals surface area contributed by atoms with E-state index in [1.165, 1.54) is 0 Å². The second kappa shape index (κ2) is 7.26. The zero-order chi connectivity index (χ0) is 14.3. The van der Waals surface area contributed by atoms with E-state index in [2.05, 4.69) is 5.32 Å². The van der Waals surface area contributed by atoms with E-state index < -0.39 is 5.60 Å². The van der Waals surface area contributed by atoms with Gasteiger partial charge in [0.05, 0.1) is 12.2 Å². The maximum atomic E-state index is 12.0. The van der Waals surface area contributed by atoms with E-state index in [1.54, 1.807) is 19.2 Å². The van der Waals surface area contributed by atoms with Crippen molar-refractivity contribution < 1.29 is 14.6 Å². The summed E-state index contributed by atoms with van der Waals surface area (Å²) < 4.78 is 5.04.